The molecule has 1 aromatic rings. The Bertz CT molecular complexity index is 309. The Morgan fingerprint density at radius 2 is 1.93 bits per heavy atom. The summed E-state index contributed by atoms with van der Waals surface area (Å²) in [7, 11) is 0. The van der Waals surface area contributed by atoms with Crippen LogP contribution in [0.1, 0.15) is 19.4 Å². The van der Waals surface area contributed by atoms with E-state index in [4.69, 9.17) is 5.73 Å². The van der Waals surface area contributed by atoms with Crippen molar-refractivity contribution in [1.29, 1.82) is 0 Å². The molecular weight excluding hydrogens is 188 g/mol. The van der Waals surface area contributed by atoms with Crippen LogP contribution < -0.4 is 11.1 Å². The first-order valence-electron chi connectivity index (χ1n) is 5.19. The first kappa shape index (κ1) is 11.7. The number of hydrogen-bond donors (Lipinski definition) is 2. The van der Waals surface area contributed by atoms with Gasteiger partial charge in [-0.05, 0) is 12.0 Å². The molecule has 0 bridgehead atoms. The fourth-order valence-corrected chi connectivity index (χ4v) is 1.49. The quantitative estimate of drug-likeness (QED) is 0.757. The number of primary amides is 1. The summed E-state index contributed by atoms with van der Waals surface area (Å²) in [6, 6.07) is 9.85. The lowest BCUT2D eigenvalue weighted by molar-refractivity contribution is -0.120. The summed E-state index contributed by atoms with van der Waals surface area (Å²) in [5, 5.41) is 3.15. The van der Waals surface area contributed by atoms with Crippen molar-refractivity contribution >= 4 is 5.91 Å². The van der Waals surface area contributed by atoms with E-state index < -0.39 is 0 Å². The van der Waals surface area contributed by atoms with Gasteiger partial charge in [0.25, 0.3) is 0 Å². The molecule has 0 unspecified atom stereocenters. The Morgan fingerprint density at radius 1 is 1.33 bits per heavy atom. The molecule has 0 aromatic heterocycles. The average molecular weight is 206 g/mol. The number of nitrogens with two attached hydrogens (primary N) is 1. The first-order valence-corrected chi connectivity index (χ1v) is 5.19. The van der Waals surface area contributed by atoms with Gasteiger partial charge >= 0.3 is 0 Å². The summed E-state index contributed by atoms with van der Waals surface area (Å²) in [5.41, 5.74) is 6.45. The molecule has 1 amide bonds. The molecule has 0 aliphatic heterocycles. The van der Waals surface area contributed by atoms with Crippen molar-refractivity contribution in [2.75, 3.05) is 0 Å². The molecule has 0 fully saturated rings. The number of carbonyl (C=O) groups is 1. The average Bonchev–Trinajstić information content (AvgIpc) is 2.17. The maximum absolute atomic E-state index is 11.2. The Morgan fingerprint density at radius 3 is 2.40 bits per heavy atom. The third-order valence-corrected chi connectivity index (χ3v) is 2.16. The Balaban J connectivity index is 2.63. The summed E-state index contributed by atoms with van der Waals surface area (Å²) in [6.07, 6.45) is 0.647. The van der Waals surface area contributed by atoms with E-state index in [2.05, 4.69) is 5.32 Å². The Kier molecular flexibility index (Phi) is 4.31. The van der Waals surface area contributed by atoms with Crippen LogP contribution in [-0.2, 0) is 11.2 Å². The largest absolute Gasteiger partial charge is 0.368 e. The number of carbonyl (C=O) groups excluding carboxylic acids is 1. The molecule has 1 rings (SSSR count). The van der Waals surface area contributed by atoms with Crippen LogP contribution in [-0.4, -0.2) is 18.0 Å². The van der Waals surface area contributed by atoms with Crippen LogP contribution in [0.25, 0.3) is 0 Å². The van der Waals surface area contributed by atoms with Gasteiger partial charge < -0.3 is 11.1 Å². The lowest BCUT2D eigenvalue weighted by Gasteiger charge is -2.18. The number of hydrogen-bond acceptors (Lipinski definition) is 2. The number of benzene rings is 1. The Labute approximate surface area is 90.7 Å². The van der Waals surface area contributed by atoms with Crippen LogP contribution in [0, 0.1) is 0 Å². The monoisotopic (exact) mass is 206 g/mol. The van der Waals surface area contributed by atoms with Crippen LogP contribution in [0.2, 0.25) is 0 Å². The third-order valence-electron chi connectivity index (χ3n) is 2.16. The zero-order valence-electron chi connectivity index (χ0n) is 9.23. The predicted molar refractivity (Wildman–Crippen MR) is 61.4 cm³/mol. The molecule has 0 saturated carbocycles. The molecule has 3 nitrogen and oxygen atoms in total. The van der Waals surface area contributed by atoms with Gasteiger partial charge in [-0.3, -0.25) is 4.79 Å². The maximum Gasteiger partial charge on any atom is 0.234 e. The summed E-state index contributed by atoms with van der Waals surface area (Å²) >= 11 is 0. The van der Waals surface area contributed by atoms with E-state index in [-0.39, 0.29) is 18.0 Å². The molecule has 82 valence electrons. The zero-order chi connectivity index (χ0) is 11.3. The highest BCUT2D eigenvalue weighted by atomic mass is 16.1. The topological polar surface area (TPSA) is 55.1 Å². The minimum atomic E-state index is -0.299. The second kappa shape index (κ2) is 5.51. The highest BCUT2D eigenvalue weighted by Gasteiger charge is 2.15. The molecule has 0 saturated heterocycles. The van der Waals surface area contributed by atoms with Crippen molar-refractivity contribution < 1.29 is 4.79 Å². The molecule has 1 atom stereocenters. The second-order valence-corrected chi connectivity index (χ2v) is 3.97. The highest BCUT2D eigenvalue weighted by molar-refractivity contribution is 5.80. The molecule has 0 aliphatic carbocycles. The molecule has 0 spiro atoms. The molecule has 0 heterocycles. The lowest BCUT2D eigenvalue weighted by Crippen LogP contribution is -2.45. The molecule has 0 aliphatic rings. The summed E-state index contributed by atoms with van der Waals surface area (Å²) in [4.78, 5) is 11.2. The van der Waals surface area contributed by atoms with E-state index in [1.807, 2.05) is 44.2 Å². The number of amides is 1. The van der Waals surface area contributed by atoms with Gasteiger partial charge in [-0.2, -0.15) is 0 Å². The minimum Gasteiger partial charge on any atom is -0.368 e. The lowest BCUT2D eigenvalue weighted by atomic mass is 10.1. The number of nitrogens with one attached hydrogen (secondary N) is 1. The maximum atomic E-state index is 11.2. The highest BCUT2D eigenvalue weighted by Crippen LogP contribution is 2.03. The molecule has 3 N–H and O–H groups in total. The van der Waals surface area contributed by atoms with Gasteiger partial charge in [0.2, 0.25) is 5.91 Å². The van der Waals surface area contributed by atoms with Gasteiger partial charge in [0.15, 0.2) is 0 Å². The van der Waals surface area contributed by atoms with Gasteiger partial charge in [-0.25, -0.2) is 0 Å². The molecule has 1 aromatic carbocycles. The van der Waals surface area contributed by atoms with Crippen LogP contribution in [0.4, 0.5) is 0 Å². The predicted octanol–water partition coefficient (Wildman–Crippen LogP) is 1.08. The van der Waals surface area contributed by atoms with Crippen molar-refractivity contribution in [2.45, 2.75) is 32.4 Å². The van der Waals surface area contributed by atoms with E-state index in [0.717, 1.165) is 5.56 Å². The van der Waals surface area contributed by atoms with Crippen LogP contribution in [0.15, 0.2) is 30.3 Å². The first-order chi connectivity index (χ1) is 7.09. The van der Waals surface area contributed by atoms with Crippen LogP contribution in [0.5, 0.6) is 0 Å². The van der Waals surface area contributed by atoms with Gasteiger partial charge in [-0.15, -0.1) is 0 Å². The SMILES string of the molecule is CC(C)N[C@@H](Cc1ccccc1)C(N)=O. The standard InChI is InChI=1S/C12H18N2O/c1-9(2)14-11(12(13)15)8-10-6-4-3-5-7-10/h3-7,9,11,14H,8H2,1-2H3,(H2,13,15)/t11-/m0/s1. The van der Waals surface area contributed by atoms with Crippen molar-refractivity contribution in [1.82, 2.24) is 5.32 Å². The molecule has 15 heavy (non-hydrogen) atoms. The zero-order valence-corrected chi connectivity index (χ0v) is 9.23. The minimum absolute atomic E-state index is 0.256. The summed E-state index contributed by atoms with van der Waals surface area (Å²) in [5.74, 6) is -0.299. The normalized spacial score (nSPS) is 12.7. The number of rotatable bonds is 5. The molecule has 3 heteroatoms. The second-order valence-electron chi connectivity index (χ2n) is 3.97. The molecule has 0 radical (unpaired) electrons. The Hall–Kier alpha value is -1.35. The van der Waals surface area contributed by atoms with E-state index >= 15 is 0 Å². The fraction of sp³-hybridized carbons (Fsp3) is 0.417. The van der Waals surface area contributed by atoms with Crippen LogP contribution in [0.3, 0.4) is 0 Å². The van der Waals surface area contributed by atoms with Crippen molar-refractivity contribution in [2.24, 2.45) is 5.73 Å². The van der Waals surface area contributed by atoms with E-state index in [0.29, 0.717) is 6.42 Å². The summed E-state index contributed by atoms with van der Waals surface area (Å²) in [6.45, 7) is 4.00. The van der Waals surface area contributed by atoms with Crippen LogP contribution >= 0.6 is 0 Å². The van der Waals surface area contributed by atoms with Crippen molar-refractivity contribution in [3.8, 4) is 0 Å². The van der Waals surface area contributed by atoms with Gasteiger partial charge in [0.05, 0.1) is 6.04 Å². The van der Waals surface area contributed by atoms with E-state index in [9.17, 15) is 4.79 Å². The van der Waals surface area contributed by atoms with Crippen molar-refractivity contribution in [3.05, 3.63) is 35.9 Å². The van der Waals surface area contributed by atoms with Crippen molar-refractivity contribution in [3.63, 3.8) is 0 Å². The summed E-state index contributed by atoms with van der Waals surface area (Å²) < 4.78 is 0. The third kappa shape index (κ3) is 4.13. The smallest absolute Gasteiger partial charge is 0.234 e. The van der Waals surface area contributed by atoms with Gasteiger partial charge in [-0.1, -0.05) is 44.2 Å². The van der Waals surface area contributed by atoms with E-state index in [1.54, 1.807) is 0 Å². The van der Waals surface area contributed by atoms with E-state index in [1.165, 1.54) is 0 Å². The molecular formula is C12H18N2O. The fourth-order valence-electron chi connectivity index (χ4n) is 1.49. The van der Waals surface area contributed by atoms with Gasteiger partial charge in [0.1, 0.15) is 0 Å². The van der Waals surface area contributed by atoms with Gasteiger partial charge in [0, 0.05) is 6.04 Å².